The van der Waals surface area contributed by atoms with Gasteiger partial charge in [-0.15, -0.1) is 11.3 Å². The Bertz CT molecular complexity index is 668. The average Bonchev–Trinajstić information content (AvgIpc) is 3.07. The molecule has 1 heterocycles. The van der Waals surface area contributed by atoms with E-state index in [4.69, 9.17) is 4.74 Å². The van der Waals surface area contributed by atoms with Crippen molar-refractivity contribution in [3.8, 4) is 0 Å². The predicted molar refractivity (Wildman–Crippen MR) is 91.9 cm³/mol. The van der Waals surface area contributed by atoms with Crippen LogP contribution in [0, 0.1) is 0 Å². The molecular weight excluding hydrogens is 312 g/mol. The van der Waals surface area contributed by atoms with Gasteiger partial charge in [-0.2, -0.15) is 0 Å². The Hall–Kier alpha value is -2.34. The highest BCUT2D eigenvalue weighted by molar-refractivity contribution is 7.10. The minimum Gasteiger partial charge on any atom is -0.452 e. The Balaban J connectivity index is 1.86. The Morgan fingerprint density at radius 1 is 1.26 bits per heavy atom. The van der Waals surface area contributed by atoms with Gasteiger partial charge in [0.25, 0.3) is 5.91 Å². The van der Waals surface area contributed by atoms with Crippen LogP contribution in [0.5, 0.6) is 0 Å². The number of thiophene rings is 1. The maximum Gasteiger partial charge on any atom is 0.338 e. The number of nitrogens with one attached hydrogen (secondary N) is 1. The maximum absolute atomic E-state index is 12.0. The van der Waals surface area contributed by atoms with Crippen molar-refractivity contribution < 1.29 is 14.3 Å². The lowest BCUT2D eigenvalue weighted by atomic mass is 10.2. The molecule has 0 fully saturated rings. The first-order valence-corrected chi connectivity index (χ1v) is 8.12. The van der Waals surface area contributed by atoms with Crippen molar-refractivity contribution >= 4 is 28.9 Å². The molecule has 0 aliphatic rings. The summed E-state index contributed by atoms with van der Waals surface area (Å²) in [4.78, 5) is 26.8. The molecule has 1 aromatic heterocycles. The van der Waals surface area contributed by atoms with E-state index in [1.807, 2.05) is 49.5 Å². The van der Waals surface area contributed by atoms with Crippen molar-refractivity contribution in [2.45, 2.75) is 13.0 Å². The van der Waals surface area contributed by atoms with E-state index < -0.39 is 5.97 Å². The first-order valence-electron chi connectivity index (χ1n) is 7.24. The van der Waals surface area contributed by atoms with Crippen molar-refractivity contribution in [1.29, 1.82) is 0 Å². The summed E-state index contributed by atoms with van der Waals surface area (Å²) in [5, 5.41) is 4.76. The standard InChI is InChI=1S/C17H20N2O3S/c1-12(15-8-5-9-23-15)18-16(20)11-22-17(21)13-6-4-7-14(10-13)19(2)3/h4-10,12H,11H2,1-3H3,(H,18,20)/t12-/m0/s1. The number of nitrogens with zero attached hydrogens (tertiary/aromatic N) is 1. The van der Waals surface area contributed by atoms with E-state index in [1.165, 1.54) is 0 Å². The summed E-state index contributed by atoms with van der Waals surface area (Å²) in [5.41, 5.74) is 1.32. The zero-order chi connectivity index (χ0) is 16.8. The number of carbonyl (C=O) groups is 2. The van der Waals surface area contributed by atoms with E-state index >= 15 is 0 Å². The van der Waals surface area contributed by atoms with Crippen molar-refractivity contribution in [3.63, 3.8) is 0 Å². The third kappa shape index (κ3) is 4.82. The number of hydrogen-bond acceptors (Lipinski definition) is 5. The minimum atomic E-state index is -0.507. The number of esters is 1. The highest BCUT2D eigenvalue weighted by Crippen LogP contribution is 2.18. The Morgan fingerprint density at radius 3 is 2.70 bits per heavy atom. The summed E-state index contributed by atoms with van der Waals surface area (Å²) in [6.45, 7) is 1.60. The monoisotopic (exact) mass is 332 g/mol. The van der Waals surface area contributed by atoms with Crippen LogP contribution in [0.15, 0.2) is 41.8 Å². The number of anilines is 1. The van der Waals surface area contributed by atoms with Gasteiger partial charge in [-0.25, -0.2) is 4.79 Å². The lowest BCUT2D eigenvalue weighted by Gasteiger charge is -2.14. The summed E-state index contributed by atoms with van der Waals surface area (Å²) in [6.07, 6.45) is 0. The molecule has 0 spiro atoms. The molecule has 5 nitrogen and oxygen atoms in total. The largest absolute Gasteiger partial charge is 0.452 e. The predicted octanol–water partition coefficient (Wildman–Crippen LogP) is 2.85. The molecule has 1 N–H and O–H groups in total. The van der Waals surface area contributed by atoms with E-state index in [2.05, 4.69) is 5.32 Å². The van der Waals surface area contributed by atoms with E-state index in [9.17, 15) is 9.59 Å². The van der Waals surface area contributed by atoms with E-state index in [-0.39, 0.29) is 18.6 Å². The van der Waals surface area contributed by atoms with Gasteiger partial charge < -0.3 is 15.0 Å². The molecule has 0 aliphatic heterocycles. The van der Waals surface area contributed by atoms with Gasteiger partial charge in [0.1, 0.15) is 0 Å². The van der Waals surface area contributed by atoms with Crippen LogP contribution in [-0.2, 0) is 9.53 Å². The second kappa shape index (κ2) is 7.78. The van der Waals surface area contributed by atoms with Crippen molar-refractivity contribution in [1.82, 2.24) is 5.32 Å². The van der Waals surface area contributed by atoms with Crippen molar-refractivity contribution in [3.05, 3.63) is 52.2 Å². The van der Waals surface area contributed by atoms with Crippen LogP contribution in [0.2, 0.25) is 0 Å². The van der Waals surface area contributed by atoms with Gasteiger partial charge in [0, 0.05) is 24.7 Å². The quantitative estimate of drug-likeness (QED) is 0.827. The first kappa shape index (κ1) is 17.0. The molecule has 0 saturated heterocycles. The van der Waals surface area contributed by atoms with Crippen LogP contribution < -0.4 is 10.2 Å². The van der Waals surface area contributed by atoms with E-state index in [0.717, 1.165) is 10.6 Å². The lowest BCUT2D eigenvalue weighted by molar-refractivity contribution is -0.124. The number of amides is 1. The molecule has 0 aliphatic carbocycles. The van der Waals surface area contributed by atoms with E-state index in [0.29, 0.717) is 5.56 Å². The number of rotatable bonds is 6. The van der Waals surface area contributed by atoms with Gasteiger partial charge in [-0.1, -0.05) is 12.1 Å². The number of carbonyl (C=O) groups excluding carboxylic acids is 2. The summed E-state index contributed by atoms with van der Waals surface area (Å²) >= 11 is 1.57. The molecule has 1 atom stereocenters. The van der Waals surface area contributed by atoms with Crippen LogP contribution in [0.4, 0.5) is 5.69 Å². The highest BCUT2D eigenvalue weighted by Gasteiger charge is 2.14. The molecule has 2 aromatic rings. The normalized spacial score (nSPS) is 11.6. The minimum absolute atomic E-state index is 0.0988. The van der Waals surface area contributed by atoms with Crippen LogP contribution in [-0.4, -0.2) is 32.6 Å². The average molecular weight is 332 g/mol. The van der Waals surface area contributed by atoms with Gasteiger partial charge in [0.05, 0.1) is 11.6 Å². The fourth-order valence-corrected chi connectivity index (χ4v) is 2.75. The second-order valence-corrected chi connectivity index (χ2v) is 6.30. The molecule has 0 bridgehead atoms. The molecule has 0 saturated carbocycles. The van der Waals surface area contributed by atoms with Crippen molar-refractivity contribution in [2.24, 2.45) is 0 Å². The van der Waals surface area contributed by atoms with Gasteiger partial charge >= 0.3 is 5.97 Å². The van der Waals surface area contributed by atoms with Crippen molar-refractivity contribution in [2.75, 3.05) is 25.6 Å². The second-order valence-electron chi connectivity index (χ2n) is 5.33. The fraction of sp³-hybridized carbons (Fsp3) is 0.294. The smallest absolute Gasteiger partial charge is 0.338 e. The molecule has 1 aromatic carbocycles. The molecule has 1 amide bonds. The molecule has 122 valence electrons. The molecule has 0 unspecified atom stereocenters. The summed E-state index contributed by atoms with van der Waals surface area (Å²) in [5.74, 6) is -0.823. The highest BCUT2D eigenvalue weighted by atomic mass is 32.1. The molecule has 23 heavy (non-hydrogen) atoms. The zero-order valence-corrected chi connectivity index (χ0v) is 14.2. The van der Waals surface area contributed by atoms with Gasteiger partial charge in [-0.3, -0.25) is 4.79 Å². The third-order valence-corrected chi connectivity index (χ3v) is 4.34. The summed E-state index contributed by atoms with van der Waals surface area (Å²) in [6, 6.07) is 10.9. The zero-order valence-electron chi connectivity index (χ0n) is 13.4. The Kier molecular flexibility index (Phi) is 5.76. The summed E-state index contributed by atoms with van der Waals surface area (Å²) < 4.78 is 5.08. The molecule has 2 rings (SSSR count). The fourth-order valence-electron chi connectivity index (χ4n) is 2.02. The molecule has 0 radical (unpaired) electrons. The SMILES string of the molecule is C[C@H](NC(=O)COC(=O)c1cccc(N(C)C)c1)c1cccs1. The van der Waals surface area contributed by atoms with Gasteiger partial charge in [0.15, 0.2) is 6.61 Å². The Labute approximate surface area is 139 Å². The maximum atomic E-state index is 12.0. The number of hydrogen-bond donors (Lipinski definition) is 1. The Morgan fingerprint density at radius 2 is 2.04 bits per heavy atom. The lowest BCUT2D eigenvalue weighted by Crippen LogP contribution is -2.30. The van der Waals surface area contributed by atoms with Crippen LogP contribution in [0.3, 0.4) is 0 Å². The molecule has 6 heteroatoms. The molecular formula is C17H20N2O3S. The number of ether oxygens (including phenoxy) is 1. The van der Waals surface area contributed by atoms with Crippen LogP contribution in [0.25, 0.3) is 0 Å². The first-order chi connectivity index (χ1) is 11.0. The van der Waals surface area contributed by atoms with Crippen LogP contribution in [0.1, 0.15) is 28.2 Å². The summed E-state index contributed by atoms with van der Waals surface area (Å²) in [7, 11) is 3.79. The van der Waals surface area contributed by atoms with E-state index in [1.54, 1.807) is 29.5 Å². The topological polar surface area (TPSA) is 58.6 Å². The third-order valence-electron chi connectivity index (χ3n) is 3.28. The number of benzene rings is 1. The van der Waals surface area contributed by atoms with Crippen LogP contribution >= 0.6 is 11.3 Å². The van der Waals surface area contributed by atoms with Gasteiger partial charge in [0.2, 0.25) is 0 Å². The van der Waals surface area contributed by atoms with Gasteiger partial charge in [-0.05, 0) is 36.6 Å².